The predicted molar refractivity (Wildman–Crippen MR) is 128 cm³/mol. The first-order valence-electron chi connectivity index (χ1n) is 10.6. The van der Waals surface area contributed by atoms with Crippen LogP contribution in [0.3, 0.4) is 0 Å². The molecule has 1 aliphatic carbocycles. The van der Waals surface area contributed by atoms with Gasteiger partial charge < -0.3 is 5.32 Å². The number of hydrogen-bond donors (Lipinski definition) is 1. The smallest absolute Gasteiger partial charge is 0.234 e. The number of aromatic nitrogens is 4. The molecule has 2 heterocycles. The van der Waals surface area contributed by atoms with Gasteiger partial charge in [0.25, 0.3) is 0 Å². The lowest BCUT2D eigenvalue weighted by Crippen LogP contribution is -2.23. The second-order valence-electron chi connectivity index (χ2n) is 8.07. The molecule has 0 radical (unpaired) electrons. The maximum Gasteiger partial charge on any atom is 0.234 e. The molecule has 2 aromatic heterocycles. The van der Waals surface area contributed by atoms with Crippen LogP contribution in [0, 0.1) is 12.8 Å². The Labute approximate surface area is 195 Å². The highest BCUT2D eigenvalue weighted by molar-refractivity contribution is 9.10. The van der Waals surface area contributed by atoms with E-state index in [1.165, 1.54) is 31.0 Å². The van der Waals surface area contributed by atoms with Crippen molar-refractivity contribution in [2.75, 3.05) is 11.1 Å². The maximum atomic E-state index is 12.6. The lowest BCUT2D eigenvalue weighted by molar-refractivity contribution is -0.113. The van der Waals surface area contributed by atoms with E-state index in [-0.39, 0.29) is 11.7 Å². The highest BCUT2D eigenvalue weighted by atomic mass is 79.9. The number of carbonyl (C=O) groups excluding carboxylic acids is 1. The Balaban J connectivity index is 1.55. The minimum Gasteiger partial charge on any atom is -0.324 e. The molecule has 3 aromatic rings. The van der Waals surface area contributed by atoms with Crippen LogP contribution < -0.4 is 5.32 Å². The van der Waals surface area contributed by atoms with Crippen LogP contribution in [0.25, 0.3) is 11.4 Å². The molecule has 0 spiro atoms. The fourth-order valence-electron chi connectivity index (χ4n) is 4.08. The number of amides is 1. The van der Waals surface area contributed by atoms with Gasteiger partial charge in [0.1, 0.15) is 0 Å². The summed E-state index contributed by atoms with van der Waals surface area (Å²) in [4.78, 5) is 16.9. The Hall–Kier alpha value is -2.19. The third-order valence-electron chi connectivity index (χ3n) is 5.71. The molecule has 2 atom stereocenters. The average Bonchev–Trinajstić information content (AvgIpc) is 3.19. The molecule has 1 aliphatic rings. The zero-order valence-electron chi connectivity index (χ0n) is 17.7. The van der Waals surface area contributed by atoms with Crippen LogP contribution in [0.5, 0.6) is 0 Å². The maximum absolute atomic E-state index is 12.6. The molecular formula is C23H26BrN5OS. The standard InChI is InChI=1S/C23H26BrN5OS/c1-15-9-10-19(18(24)12-15)26-21(30)14-31-23-28-27-22(17-7-5-11-25-13-17)29(23)20-8-4-3-6-16(20)2/h5,7,9-13,16,20H,3-4,6,8,14H2,1-2H3,(H,26,30)/t16-,20-/m1/s1. The van der Waals surface area contributed by atoms with E-state index in [4.69, 9.17) is 0 Å². The molecule has 0 bridgehead atoms. The van der Waals surface area contributed by atoms with Gasteiger partial charge in [0, 0.05) is 28.5 Å². The quantitative estimate of drug-likeness (QED) is 0.427. The van der Waals surface area contributed by atoms with Crippen LogP contribution >= 0.6 is 27.7 Å². The van der Waals surface area contributed by atoms with Crippen LogP contribution in [0.4, 0.5) is 5.69 Å². The fraction of sp³-hybridized carbons (Fsp3) is 0.391. The second kappa shape index (κ2) is 9.96. The highest BCUT2D eigenvalue weighted by Crippen LogP contribution is 2.38. The van der Waals surface area contributed by atoms with E-state index in [9.17, 15) is 4.79 Å². The minimum atomic E-state index is -0.0660. The van der Waals surface area contributed by atoms with E-state index in [1.807, 2.05) is 43.5 Å². The van der Waals surface area contributed by atoms with Gasteiger partial charge >= 0.3 is 0 Å². The number of carbonyl (C=O) groups is 1. The number of thioether (sulfide) groups is 1. The largest absolute Gasteiger partial charge is 0.324 e. The van der Waals surface area contributed by atoms with Crippen LogP contribution in [0.15, 0.2) is 52.4 Å². The van der Waals surface area contributed by atoms with E-state index in [2.05, 4.69) is 47.9 Å². The van der Waals surface area contributed by atoms with Gasteiger partial charge in [-0.05, 0) is 71.4 Å². The summed E-state index contributed by atoms with van der Waals surface area (Å²) in [7, 11) is 0. The van der Waals surface area contributed by atoms with Gasteiger partial charge in [-0.3, -0.25) is 14.3 Å². The number of hydrogen-bond acceptors (Lipinski definition) is 5. The van der Waals surface area contributed by atoms with Gasteiger partial charge in [-0.25, -0.2) is 0 Å². The lowest BCUT2D eigenvalue weighted by atomic mass is 9.85. The molecular weight excluding hydrogens is 474 g/mol. The summed E-state index contributed by atoms with van der Waals surface area (Å²) in [6, 6.07) is 10.1. The summed E-state index contributed by atoms with van der Waals surface area (Å²) in [5.74, 6) is 1.57. The van der Waals surface area contributed by atoms with E-state index in [1.54, 1.807) is 6.20 Å². The third-order valence-corrected chi connectivity index (χ3v) is 7.31. The number of halogens is 1. The van der Waals surface area contributed by atoms with Gasteiger partial charge in [0.15, 0.2) is 11.0 Å². The monoisotopic (exact) mass is 499 g/mol. The molecule has 162 valence electrons. The summed E-state index contributed by atoms with van der Waals surface area (Å²) in [5, 5.41) is 12.7. The summed E-state index contributed by atoms with van der Waals surface area (Å²) in [5.41, 5.74) is 2.86. The third kappa shape index (κ3) is 5.18. The van der Waals surface area contributed by atoms with Crippen LogP contribution in [0.2, 0.25) is 0 Å². The van der Waals surface area contributed by atoms with E-state index in [0.717, 1.165) is 38.7 Å². The normalized spacial score (nSPS) is 18.7. The zero-order valence-corrected chi connectivity index (χ0v) is 20.1. The summed E-state index contributed by atoms with van der Waals surface area (Å²) in [6.07, 6.45) is 8.34. The molecule has 8 heteroatoms. The number of rotatable bonds is 6. The van der Waals surface area contributed by atoms with Gasteiger partial charge in [-0.1, -0.05) is 37.6 Å². The van der Waals surface area contributed by atoms with E-state index < -0.39 is 0 Å². The molecule has 1 aromatic carbocycles. The molecule has 1 fully saturated rings. The molecule has 0 saturated heterocycles. The van der Waals surface area contributed by atoms with Gasteiger partial charge in [-0.2, -0.15) is 0 Å². The van der Waals surface area contributed by atoms with Crippen molar-refractivity contribution in [3.8, 4) is 11.4 Å². The van der Waals surface area contributed by atoms with Crippen LogP contribution in [-0.2, 0) is 4.79 Å². The Kier molecular flexibility index (Phi) is 7.07. The first kappa shape index (κ1) is 22.0. The number of anilines is 1. The molecule has 1 saturated carbocycles. The summed E-state index contributed by atoms with van der Waals surface area (Å²) < 4.78 is 3.12. The summed E-state index contributed by atoms with van der Waals surface area (Å²) >= 11 is 4.95. The second-order valence-corrected chi connectivity index (χ2v) is 9.86. The molecule has 6 nitrogen and oxygen atoms in total. The Morgan fingerprint density at radius 2 is 2.10 bits per heavy atom. The van der Waals surface area contributed by atoms with Gasteiger partial charge in [0.2, 0.25) is 5.91 Å². The molecule has 31 heavy (non-hydrogen) atoms. The Bertz CT molecular complexity index is 1060. The van der Waals surface area contributed by atoms with Crippen molar-refractivity contribution >= 4 is 39.3 Å². The zero-order chi connectivity index (χ0) is 21.8. The number of pyridine rings is 1. The Morgan fingerprint density at radius 3 is 2.84 bits per heavy atom. The topological polar surface area (TPSA) is 72.7 Å². The Morgan fingerprint density at radius 1 is 1.26 bits per heavy atom. The first-order chi connectivity index (χ1) is 15.0. The number of aryl methyl sites for hydroxylation is 1. The average molecular weight is 500 g/mol. The van der Waals surface area contributed by atoms with Crippen LogP contribution in [-0.4, -0.2) is 31.4 Å². The van der Waals surface area contributed by atoms with Crippen LogP contribution in [0.1, 0.15) is 44.2 Å². The van der Waals surface area contributed by atoms with Crippen molar-refractivity contribution in [3.63, 3.8) is 0 Å². The first-order valence-corrected chi connectivity index (χ1v) is 12.3. The molecule has 4 rings (SSSR count). The SMILES string of the molecule is Cc1ccc(NC(=O)CSc2nnc(-c3cccnc3)n2[C@@H]2CCCC[C@H]2C)c(Br)c1. The molecule has 1 N–H and O–H groups in total. The summed E-state index contributed by atoms with van der Waals surface area (Å²) in [6.45, 7) is 4.32. The fourth-order valence-corrected chi connectivity index (χ4v) is 5.47. The molecule has 0 aliphatic heterocycles. The number of nitrogens with one attached hydrogen (secondary N) is 1. The highest BCUT2D eigenvalue weighted by Gasteiger charge is 2.29. The van der Waals surface area contributed by atoms with E-state index >= 15 is 0 Å². The van der Waals surface area contributed by atoms with Crippen molar-refractivity contribution in [3.05, 3.63) is 52.8 Å². The lowest BCUT2D eigenvalue weighted by Gasteiger charge is -2.31. The van der Waals surface area contributed by atoms with E-state index in [0.29, 0.717) is 12.0 Å². The number of nitrogens with zero attached hydrogens (tertiary/aromatic N) is 4. The molecule has 0 unspecified atom stereocenters. The minimum absolute atomic E-state index is 0.0660. The predicted octanol–water partition coefficient (Wildman–Crippen LogP) is 5.89. The van der Waals surface area contributed by atoms with Crippen molar-refractivity contribution in [2.24, 2.45) is 5.92 Å². The molecule has 1 amide bonds. The van der Waals surface area contributed by atoms with Crippen molar-refractivity contribution < 1.29 is 4.79 Å². The number of benzene rings is 1. The van der Waals surface area contributed by atoms with Gasteiger partial charge in [0.05, 0.1) is 11.4 Å². The van der Waals surface area contributed by atoms with Crippen molar-refractivity contribution in [1.29, 1.82) is 0 Å². The van der Waals surface area contributed by atoms with Gasteiger partial charge in [-0.15, -0.1) is 10.2 Å². The van der Waals surface area contributed by atoms with Crippen molar-refractivity contribution in [1.82, 2.24) is 19.7 Å². The van der Waals surface area contributed by atoms with Crippen molar-refractivity contribution in [2.45, 2.75) is 50.7 Å².